The van der Waals surface area contributed by atoms with Crippen molar-refractivity contribution in [3.63, 3.8) is 0 Å². The number of halogens is 1. The van der Waals surface area contributed by atoms with E-state index in [-0.39, 0.29) is 5.91 Å². The van der Waals surface area contributed by atoms with Crippen LogP contribution in [-0.4, -0.2) is 25.0 Å². The largest absolute Gasteiger partial charge is 0.467 e. The fourth-order valence-corrected chi connectivity index (χ4v) is 2.91. The van der Waals surface area contributed by atoms with Gasteiger partial charge in [-0.05, 0) is 29.8 Å². The molecule has 22 heavy (non-hydrogen) atoms. The molecule has 1 atom stereocenters. The van der Waals surface area contributed by atoms with Gasteiger partial charge in [0.15, 0.2) is 0 Å². The van der Waals surface area contributed by atoms with Crippen LogP contribution in [0.2, 0.25) is 5.02 Å². The van der Waals surface area contributed by atoms with Crippen LogP contribution in [0.5, 0.6) is 0 Å². The molecule has 2 aromatic rings. The van der Waals surface area contributed by atoms with Crippen molar-refractivity contribution >= 4 is 29.2 Å². The number of methoxy groups -OCH3 is 1. The summed E-state index contributed by atoms with van der Waals surface area (Å²) in [5.74, 6) is -0.664. The summed E-state index contributed by atoms with van der Waals surface area (Å²) < 4.78 is 4.87. The van der Waals surface area contributed by atoms with E-state index in [0.717, 1.165) is 5.56 Å². The number of hydrogen-bond donors (Lipinski definition) is 0. The average Bonchev–Trinajstić information content (AvgIpc) is 2.54. The summed E-state index contributed by atoms with van der Waals surface area (Å²) in [6, 6.07) is 13.5. The first kappa shape index (κ1) is 14.6. The maximum Gasteiger partial charge on any atom is 0.329 e. The molecule has 0 N–H and O–H groups in total. The van der Waals surface area contributed by atoms with E-state index in [1.165, 1.54) is 12.0 Å². The molecular formula is C17H14ClNO3. The molecule has 0 bridgehead atoms. The number of carbonyl (C=O) groups is 2. The van der Waals surface area contributed by atoms with Gasteiger partial charge in [0, 0.05) is 22.7 Å². The number of carbonyl (C=O) groups excluding carboxylic acids is 2. The molecule has 0 saturated heterocycles. The minimum absolute atomic E-state index is 0.223. The van der Waals surface area contributed by atoms with Gasteiger partial charge < -0.3 is 4.74 Å². The first-order chi connectivity index (χ1) is 10.6. The monoisotopic (exact) mass is 315 g/mol. The maximum absolute atomic E-state index is 12.8. The van der Waals surface area contributed by atoms with Gasteiger partial charge in [-0.1, -0.05) is 35.9 Å². The van der Waals surface area contributed by atoms with Crippen LogP contribution in [0.25, 0.3) is 0 Å². The lowest BCUT2D eigenvalue weighted by Crippen LogP contribution is -2.50. The summed E-state index contributed by atoms with van der Waals surface area (Å²) >= 11 is 6.02. The maximum atomic E-state index is 12.8. The van der Waals surface area contributed by atoms with E-state index >= 15 is 0 Å². The Balaban J connectivity index is 2.12. The Kier molecular flexibility index (Phi) is 3.86. The Labute approximate surface area is 133 Å². The molecule has 0 radical (unpaired) electrons. The third-order valence-electron chi connectivity index (χ3n) is 3.75. The van der Waals surface area contributed by atoms with E-state index in [0.29, 0.717) is 22.7 Å². The fourth-order valence-electron chi connectivity index (χ4n) is 2.73. The Hall–Kier alpha value is -2.33. The van der Waals surface area contributed by atoms with Crippen LogP contribution >= 0.6 is 11.6 Å². The van der Waals surface area contributed by atoms with Crippen molar-refractivity contribution in [3.8, 4) is 0 Å². The molecule has 0 saturated carbocycles. The molecule has 0 spiro atoms. The molecule has 1 aliphatic rings. The average molecular weight is 316 g/mol. The van der Waals surface area contributed by atoms with Crippen molar-refractivity contribution in [1.29, 1.82) is 0 Å². The Morgan fingerprint density at radius 2 is 2.00 bits per heavy atom. The lowest BCUT2D eigenvalue weighted by atomic mass is 9.92. The topological polar surface area (TPSA) is 46.6 Å². The molecule has 1 unspecified atom stereocenters. The van der Waals surface area contributed by atoms with Gasteiger partial charge in [0.25, 0.3) is 5.91 Å². The molecule has 112 valence electrons. The molecule has 0 aromatic heterocycles. The molecule has 2 aromatic carbocycles. The number of amides is 1. The zero-order valence-electron chi connectivity index (χ0n) is 12.0. The van der Waals surface area contributed by atoms with Crippen molar-refractivity contribution in [2.24, 2.45) is 0 Å². The summed E-state index contributed by atoms with van der Waals surface area (Å²) in [7, 11) is 1.32. The van der Waals surface area contributed by atoms with Gasteiger partial charge in [-0.2, -0.15) is 0 Å². The van der Waals surface area contributed by atoms with Gasteiger partial charge in [-0.3, -0.25) is 9.69 Å². The van der Waals surface area contributed by atoms with Crippen LogP contribution in [0.1, 0.15) is 15.9 Å². The highest BCUT2D eigenvalue weighted by molar-refractivity contribution is 6.31. The highest BCUT2D eigenvalue weighted by atomic mass is 35.5. The standard InChI is InChI=1S/C17H14ClNO3/c1-22-17(21)15-9-11-5-2-3-8-14(11)16(20)19(15)13-7-4-6-12(18)10-13/h2-8,10,15H,9H2,1H3. The highest BCUT2D eigenvalue weighted by Crippen LogP contribution is 2.30. The minimum Gasteiger partial charge on any atom is -0.467 e. The molecule has 5 heteroatoms. The predicted octanol–water partition coefficient (Wildman–Crippen LogP) is 3.08. The zero-order chi connectivity index (χ0) is 15.7. The molecule has 0 fully saturated rings. The number of esters is 1. The summed E-state index contributed by atoms with van der Waals surface area (Å²) in [6.07, 6.45) is 0.418. The van der Waals surface area contributed by atoms with Gasteiger partial charge in [0.2, 0.25) is 0 Å². The van der Waals surface area contributed by atoms with Crippen LogP contribution in [0, 0.1) is 0 Å². The zero-order valence-corrected chi connectivity index (χ0v) is 12.7. The SMILES string of the molecule is COC(=O)C1Cc2ccccc2C(=O)N1c1cccc(Cl)c1. The number of ether oxygens (including phenoxy) is 1. The third-order valence-corrected chi connectivity index (χ3v) is 3.99. The summed E-state index contributed by atoms with van der Waals surface area (Å²) in [4.78, 5) is 26.4. The van der Waals surface area contributed by atoms with E-state index in [1.807, 2.05) is 18.2 Å². The number of nitrogens with zero attached hydrogens (tertiary/aromatic N) is 1. The van der Waals surface area contributed by atoms with E-state index in [1.54, 1.807) is 30.3 Å². The molecule has 0 aliphatic carbocycles. The van der Waals surface area contributed by atoms with Crippen LogP contribution < -0.4 is 4.90 Å². The normalized spacial score (nSPS) is 17.1. The number of hydrogen-bond acceptors (Lipinski definition) is 3. The molecule has 1 aliphatic heterocycles. The van der Waals surface area contributed by atoms with Crippen LogP contribution in [-0.2, 0) is 16.0 Å². The second-order valence-electron chi connectivity index (χ2n) is 5.06. The van der Waals surface area contributed by atoms with E-state index in [4.69, 9.17) is 16.3 Å². The first-order valence-electron chi connectivity index (χ1n) is 6.86. The summed E-state index contributed by atoms with van der Waals surface area (Å²) in [5.41, 5.74) is 2.03. The van der Waals surface area contributed by atoms with E-state index < -0.39 is 12.0 Å². The van der Waals surface area contributed by atoms with Crippen molar-refractivity contribution in [2.45, 2.75) is 12.5 Å². The van der Waals surface area contributed by atoms with E-state index in [2.05, 4.69) is 0 Å². The van der Waals surface area contributed by atoms with Gasteiger partial charge in [0.05, 0.1) is 7.11 Å². The van der Waals surface area contributed by atoms with Gasteiger partial charge in [-0.25, -0.2) is 4.79 Å². The summed E-state index contributed by atoms with van der Waals surface area (Å²) in [5, 5.41) is 0.507. The summed E-state index contributed by atoms with van der Waals surface area (Å²) in [6.45, 7) is 0. The fraction of sp³-hybridized carbons (Fsp3) is 0.176. The third kappa shape index (κ3) is 2.46. The van der Waals surface area contributed by atoms with Gasteiger partial charge in [0.1, 0.15) is 6.04 Å². The van der Waals surface area contributed by atoms with Gasteiger partial charge >= 0.3 is 5.97 Å². The number of rotatable bonds is 2. The second-order valence-corrected chi connectivity index (χ2v) is 5.49. The number of fused-ring (bicyclic) bond motifs is 1. The second kappa shape index (κ2) is 5.81. The molecular weight excluding hydrogens is 302 g/mol. The molecule has 3 rings (SSSR count). The van der Waals surface area contributed by atoms with Crippen LogP contribution in [0.3, 0.4) is 0 Å². The molecule has 1 amide bonds. The Bertz CT molecular complexity index is 744. The molecule has 4 nitrogen and oxygen atoms in total. The molecule has 1 heterocycles. The van der Waals surface area contributed by atoms with Crippen LogP contribution in [0.15, 0.2) is 48.5 Å². The predicted molar refractivity (Wildman–Crippen MR) is 84.2 cm³/mol. The van der Waals surface area contributed by atoms with Crippen molar-refractivity contribution < 1.29 is 14.3 Å². The van der Waals surface area contributed by atoms with Gasteiger partial charge in [-0.15, -0.1) is 0 Å². The smallest absolute Gasteiger partial charge is 0.329 e. The number of anilines is 1. The van der Waals surface area contributed by atoms with E-state index in [9.17, 15) is 9.59 Å². The lowest BCUT2D eigenvalue weighted by molar-refractivity contribution is -0.142. The highest BCUT2D eigenvalue weighted by Gasteiger charge is 2.38. The van der Waals surface area contributed by atoms with Crippen molar-refractivity contribution in [2.75, 3.05) is 12.0 Å². The lowest BCUT2D eigenvalue weighted by Gasteiger charge is -2.35. The van der Waals surface area contributed by atoms with Crippen molar-refractivity contribution in [1.82, 2.24) is 0 Å². The van der Waals surface area contributed by atoms with Crippen LogP contribution in [0.4, 0.5) is 5.69 Å². The number of benzene rings is 2. The quantitative estimate of drug-likeness (QED) is 0.800. The van der Waals surface area contributed by atoms with Crippen molar-refractivity contribution in [3.05, 3.63) is 64.7 Å². The first-order valence-corrected chi connectivity index (χ1v) is 7.24. The minimum atomic E-state index is -0.689. The Morgan fingerprint density at radius 1 is 1.23 bits per heavy atom. The Morgan fingerprint density at radius 3 is 2.73 bits per heavy atom.